The number of rotatable bonds is 3. The second-order valence-corrected chi connectivity index (χ2v) is 5.05. The first-order chi connectivity index (χ1) is 8.56. The van der Waals surface area contributed by atoms with E-state index in [-0.39, 0.29) is 6.04 Å². The van der Waals surface area contributed by atoms with Gasteiger partial charge in [0.15, 0.2) is 0 Å². The second-order valence-electron chi connectivity index (χ2n) is 4.25. The highest BCUT2D eigenvalue weighted by atomic mass is 35.5. The van der Waals surface area contributed by atoms with E-state index in [0.29, 0.717) is 5.15 Å². The number of nitrogens with zero attached hydrogens (tertiary/aromatic N) is 1. The van der Waals surface area contributed by atoms with Crippen LogP contribution in [-0.2, 0) is 0 Å². The fourth-order valence-corrected chi connectivity index (χ4v) is 2.05. The lowest BCUT2D eigenvalue weighted by Gasteiger charge is -2.16. The summed E-state index contributed by atoms with van der Waals surface area (Å²) in [7, 11) is 0. The van der Waals surface area contributed by atoms with Crippen molar-refractivity contribution in [1.82, 2.24) is 4.98 Å². The summed E-state index contributed by atoms with van der Waals surface area (Å²) < 4.78 is 0. The average Bonchev–Trinajstić information content (AvgIpc) is 2.34. The van der Waals surface area contributed by atoms with E-state index in [1.54, 1.807) is 6.20 Å². The van der Waals surface area contributed by atoms with E-state index >= 15 is 0 Å². The highest BCUT2D eigenvalue weighted by Gasteiger charge is 2.07. The van der Waals surface area contributed by atoms with Crippen LogP contribution in [0.4, 0.5) is 5.69 Å². The molecule has 0 aliphatic heterocycles. The third kappa shape index (κ3) is 3.15. The molecule has 1 aromatic carbocycles. The van der Waals surface area contributed by atoms with E-state index in [1.165, 1.54) is 0 Å². The minimum atomic E-state index is 0.158. The van der Waals surface area contributed by atoms with E-state index in [9.17, 15) is 0 Å². The number of pyridine rings is 1. The van der Waals surface area contributed by atoms with Gasteiger partial charge in [0.05, 0.1) is 11.9 Å². The van der Waals surface area contributed by atoms with Gasteiger partial charge in [0.2, 0.25) is 0 Å². The third-order valence-electron chi connectivity index (χ3n) is 2.75. The molecule has 1 N–H and O–H groups in total. The van der Waals surface area contributed by atoms with Crippen molar-refractivity contribution in [3.05, 3.63) is 57.8 Å². The highest BCUT2D eigenvalue weighted by Crippen LogP contribution is 2.23. The van der Waals surface area contributed by atoms with Crippen molar-refractivity contribution in [3.8, 4) is 0 Å². The van der Waals surface area contributed by atoms with Crippen LogP contribution < -0.4 is 5.32 Å². The maximum atomic E-state index is 5.98. The van der Waals surface area contributed by atoms with Crippen LogP contribution in [0.1, 0.15) is 24.1 Å². The Labute approximate surface area is 117 Å². The number of hydrogen-bond donors (Lipinski definition) is 1. The molecule has 0 radical (unpaired) electrons. The van der Waals surface area contributed by atoms with Crippen molar-refractivity contribution >= 4 is 28.9 Å². The standard InChI is InChI=1S/C14H14Cl2N2/c1-9-6-13(8-17-14(9)16)18-10(2)11-4-3-5-12(15)7-11/h3-8,10,18H,1-2H3. The molecule has 1 unspecified atom stereocenters. The van der Waals surface area contributed by atoms with E-state index < -0.39 is 0 Å². The Balaban J connectivity index is 2.16. The van der Waals surface area contributed by atoms with Gasteiger partial charge in [0.1, 0.15) is 5.15 Å². The molecule has 0 spiro atoms. The van der Waals surface area contributed by atoms with E-state index in [1.807, 2.05) is 37.3 Å². The highest BCUT2D eigenvalue weighted by molar-refractivity contribution is 6.30. The smallest absolute Gasteiger partial charge is 0.132 e. The molecule has 0 aliphatic carbocycles. The minimum absolute atomic E-state index is 0.158. The molecule has 0 saturated carbocycles. The molecule has 1 aromatic heterocycles. The molecule has 2 nitrogen and oxygen atoms in total. The van der Waals surface area contributed by atoms with Gasteiger partial charge in [-0.25, -0.2) is 4.98 Å². The number of benzene rings is 1. The largest absolute Gasteiger partial charge is 0.377 e. The lowest BCUT2D eigenvalue weighted by atomic mass is 10.1. The van der Waals surface area contributed by atoms with Gasteiger partial charge in [0.25, 0.3) is 0 Å². The molecule has 2 rings (SSSR count). The molecule has 1 heterocycles. The summed E-state index contributed by atoms with van der Waals surface area (Å²) in [5.41, 5.74) is 3.04. The summed E-state index contributed by atoms with van der Waals surface area (Å²) in [5, 5.41) is 4.65. The fraction of sp³-hybridized carbons (Fsp3) is 0.214. The first kappa shape index (κ1) is 13.2. The van der Waals surface area contributed by atoms with Gasteiger partial charge in [-0.3, -0.25) is 0 Å². The Morgan fingerprint density at radius 3 is 2.67 bits per heavy atom. The second kappa shape index (κ2) is 5.59. The molecule has 4 heteroatoms. The Hall–Kier alpha value is -1.25. The summed E-state index contributed by atoms with van der Waals surface area (Å²) in [6.07, 6.45) is 1.73. The predicted octanol–water partition coefficient (Wildman–Crippen LogP) is 4.87. The van der Waals surface area contributed by atoms with Gasteiger partial charge in [0, 0.05) is 11.1 Å². The predicted molar refractivity (Wildman–Crippen MR) is 77.5 cm³/mol. The van der Waals surface area contributed by atoms with Crippen LogP contribution in [0, 0.1) is 6.92 Å². The monoisotopic (exact) mass is 280 g/mol. The Kier molecular flexibility index (Phi) is 4.10. The number of aromatic nitrogens is 1. The van der Waals surface area contributed by atoms with Gasteiger partial charge in [-0.2, -0.15) is 0 Å². The number of aryl methyl sites for hydroxylation is 1. The molecular weight excluding hydrogens is 267 g/mol. The zero-order chi connectivity index (χ0) is 13.1. The van der Waals surface area contributed by atoms with Crippen LogP contribution in [0.2, 0.25) is 10.2 Å². The van der Waals surface area contributed by atoms with Crippen LogP contribution in [0.15, 0.2) is 36.5 Å². The average molecular weight is 281 g/mol. The molecular formula is C14H14Cl2N2. The van der Waals surface area contributed by atoms with E-state index in [2.05, 4.69) is 17.2 Å². The molecule has 0 amide bonds. The van der Waals surface area contributed by atoms with Crippen molar-refractivity contribution in [3.63, 3.8) is 0 Å². The van der Waals surface area contributed by atoms with Gasteiger partial charge < -0.3 is 5.32 Å². The number of nitrogens with one attached hydrogen (secondary N) is 1. The summed E-state index contributed by atoms with van der Waals surface area (Å²) in [6.45, 7) is 4.01. The van der Waals surface area contributed by atoms with Crippen LogP contribution in [0.25, 0.3) is 0 Å². The molecule has 1 atom stereocenters. The Morgan fingerprint density at radius 1 is 1.22 bits per heavy atom. The van der Waals surface area contributed by atoms with Gasteiger partial charge in [-0.15, -0.1) is 0 Å². The third-order valence-corrected chi connectivity index (χ3v) is 3.38. The fourth-order valence-electron chi connectivity index (χ4n) is 1.75. The molecule has 0 saturated heterocycles. The van der Waals surface area contributed by atoms with Crippen LogP contribution in [0.5, 0.6) is 0 Å². The quantitative estimate of drug-likeness (QED) is 0.812. The van der Waals surface area contributed by atoms with Gasteiger partial charge in [-0.05, 0) is 43.2 Å². The zero-order valence-electron chi connectivity index (χ0n) is 10.2. The van der Waals surface area contributed by atoms with Crippen molar-refractivity contribution < 1.29 is 0 Å². The van der Waals surface area contributed by atoms with Crippen LogP contribution in [0.3, 0.4) is 0 Å². The summed E-state index contributed by atoms with van der Waals surface area (Å²) >= 11 is 11.9. The van der Waals surface area contributed by atoms with Crippen LogP contribution in [-0.4, -0.2) is 4.98 Å². The number of anilines is 1. The molecule has 0 aliphatic rings. The van der Waals surface area contributed by atoms with Gasteiger partial charge >= 0.3 is 0 Å². The molecule has 18 heavy (non-hydrogen) atoms. The number of hydrogen-bond acceptors (Lipinski definition) is 2. The summed E-state index contributed by atoms with van der Waals surface area (Å²) in [5.74, 6) is 0. The minimum Gasteiger partial charge on any atom is -0.377 e. The lowest BCUT2D eigenvalue weighted by molar-refractivity contribution is 0.882. The first-order valence-electron chi connectivity index (χ1n) is 5.70. The van der Waals surface area contributed by atoms with Crippen molar-refractivity contribution in [2.24, 2.45) is 0 Å². The Bertz CT molecular complexity index is 555. The number of halogens is 2. The first-order valence-corrected chi connectivity index (χ1v) is 6.46. The maximum Gasteiger partial charge on any atom is 0.132 e. The lowest BCUT2D eigenvalue weighted by Crippen LogP contribution is -2.07. The normalized spacial score (nSPS) is 12.2. The van der Waals surface area contributed by atoms with E-state index in [4.69, 9.17) is 23.2 Å². The molecule has 0 bridgehead atoms. The zero-order valence-corrected chi connectivity index (χ0v) is 11.8. The van der Waals surface area contributed by atoms with Crippen molar-refractivity contribution in [2.45, 2.75) is 19.9 Å². The molecule has 0 fully saturated rings. The van der Waals surface area contributed by atoms with Gasteiger partial charge in [-0.1, -0.05) is 35.3 Å². The van der Waals surface area contributed by atoms with Crippen LogP contribution >= 0.6 is 23.2 Å². The SMILES string of the molecule is Cc1cc(NC(C)c2cccc(Cl)c2)cnc1Cl. The van der Waals surface area contributed by atoms with Crippen molar-refractivity contribution in [1.29, 1.82) is 0 Å². The topological polar surface area (TPSA) is 24.9 Å². The Morgan fingerprint density at radius 2 is 2.00 bits per heavy atom. The molecule has 2 aromatic rings. The van der Waals surface area contributed by atoms with E-state index in [0.717, 1.165) is 21.8 Å². The summed E-state index contributed by atoms with van der Waals surface area (Å²) in [6, 6.07) is 9.95. The summed E-state index contributed by atoms with van der Waals surface area (Å²) in [4.78, 5) is 4.12. The molecule has 94 valence electrons. The maximum absolute atomic E-state index is 5.98. The van der Waals surface area contributed by atoms with Crippen molar-refractivity contribution in [2.75, 3.05) is 5.32 Å².